The fourth-order valence-electron chi connectivity index (χ4n) is 2.78. The zero-order valence-corrected chi connectivity index (χ0v) is 14.5. The zero-order valence-electron chi connectivity index (χ0n) is 14.5. The Morgan fingerprint density at radius 3 is 1.33 bits per heavy atom. The molecule has 3 aromatic carbocycles. The molecule has 0 atom stereocenters. The van der Waals surface area contributed by atoms with E-state index < -0.39 is 34.1 Å². The highest BCUT2D eigenvalue weighted by molar-refractivity contribution is 5.78. The minimum Gasteiger partial charge on any atom is -0.497 e. The van der Waals surface area contributed by atoms with E-state index in [1.807, 2.05) is 0 Å². The molecule has 0 heterocycles. The first kappa shape index (κ1) is 18.3. The van der Waals surface area contributed by atoms with E-state index in [0.717, 1.165) is 0 Å². The van der Waals surface area contributed by atoms with Crippen molar-refractivity contribution in [3.05, 3.63) is 71.5 Å². The first-order chi connectivity index (χ1) is 13.0. The highest BCUT2D eigenvalue weighted by atomic mass is 19.1. The average Bonchev–Trinajstić information content (AvgIpc) is 2.69. The number of hydrogen-bond donors (Lipinski definition) is 0. The topological polar surface area (TPSA) is 42.2 Å². The van der Waals surface area contributed by atoms with Gasteiger partial charge >= 0.3 is 0 Å². The van der Waals surface area contributed by atoms with Crippen LogP contribution in [0.1, 0.15) is 5.56 Å². The van der Waals surface area contributed by atoms with Crippen LogP contribution in [0, 0.1) is 28.8 Å². The Morgan fingerprint density at radius 2 is 1.04 bits per heavy atom. The van der Waals surface area contributed by atoms with E-state index >= 15 is 4.39 Å². The molecule has 136 valence electrons. The van der Waals surface area contributed by atoms with Crippen LogP contribution in [0.2, 0.25) is 0 Å². The van der Waals surface area contributed by atoms with Gasteiger partial charge in [0.1, 0.15) is 28.9 Å². The summed E-state index contributed by atoms with van der Waals surface area (Å²) in [6, 6.07) is 13.4. The average molecular weight is 369 g/mol. The highest BCUT2D eigenvalue weighted by Gasteiger charge is 2.26. The normalized spacial score (nSPS) is 10.4. The second kappa shape index (κ2) is 7.42. The van der Waals surface area contributed by atoms with Crippen molar-refractivity contribution in [2.24, 2.45) is 0 Å². The van der Waals surface area contributed by atoms with E-state index in [1.54, 1.807) is 0 Å². The van der Waals surface area contributed by atoms with Crippen molar-refractivity contribution in [2.45, 2.75) is 0 Å². The molecule has 0 aromatic heterocycles. The van der Waals surface area contributed by atoms with Crippen molar-refractivity contribution in [3.8, 4) is 39.8 Å². The van der Waals surface area contributed by atoms with Gasteiger partial charge in [-0.1, -0.05) is 24.3 Å². The molecule has 0 saturated heterocycles. The predicted octanol–water partition coefficient (Wildman–Crippen LogP) is 5.33. The number of rotatable bonds is 4. The summed E-state index contributed by atoms with van der Waals surface area (Å²) in [6.07, 6.45) is 0. The third-order valence-electron chi connectivity index (χ3n) is 4.19. The molecule has 0 bridgehead atoms. The van der Waals surface area contributed by atoms with Gasteiger partial charge in [-0.25, -0.2) is 13.2 Å². The van der Waals surface area contributed by atoms with Gasteiger partial charge < -0.3 is 9.47 Å². The van der Waals surface area contributed by atoms with Crippen molar-refractivity contribution in [2.75, 3.05) is 14.2 Å². The monoisotopic (exact) mass is 369 g/mol. The minimum atomic E-state index is -1.24. The fourth-order valence-corrected chi connectivity index (χ4v) is 2.78. The van der Waals surface area contributed by atoms with Gasteiger partial charge in [0.25, 0.3) is 0 Å². The molecular weight excluding hydrogens is 355 g/mol. The van der Waals surface area contributed by atoms with Crippen molar-refractivity contribution in [3.63, 3.8) is 0 Å². The van der Waals surface area contributed by atoms with E-state index in [2.05, 4.69) is 0 Å². The summed E-state index contributed by atoms with van der Waals surface area (Å²) in [5.41, 5.74) is -1.45. The number of nitriles is 1. The third kappa shape index (κ3) is 3.20. The molecule has 0 N–H and O–H groups in total. The van der Waals surface area contributed by atoms with Crippen LogP contribution in [-0.2, 0) is 0 Å². The smallest absolute Gasteiger partial charge is 0.154 e. The maximum atomic E-state index is 15.2. The molecule has 0 fully saturated rings. The van der Waals surface area contributed by atoms with Crippen LogP contribution in [-0.4, -0.2) is 14.2 Å². The third-order valence-corrected chi connectivity index (χ3v) is 4.19. The van der Waals surface area contributed by atoms with Crippen LogP contribution in [0.4, 0.5) is 13.2 Å². The molecule has 0 aliphatic rings. The molecule has 3 rings (SSSR count). The van der Waals surface area contributed by atoms with E-state index in [-0.39, 0.29) is 11.1 Å². The molecule has 0 aliphatic carbocycles. The number of hydrogen-bond acceptors (Lipinski definition) is 3. The summed E-state index contributed by atoms with van der Waals surface area (Å²) < 4.78 is 54.7. The largest absolute Gasteiger partial charge is 0.497 e. The summed E-state index contributed by atoms with van der Waals surface area (Å²) in [6.45, 7) is 0. The van der Waals surface area contributed by atoms with Crippen LogP contribution >= 0.6 is 0 Å². The summed E-state index contributed by atoms with van der Waals surface area (Å²) in [4.78, 5) is 0. The van der Waals surface area contributed by atoms with Crippen LogP contribution < -0.4 is 9.47 Å². The lowest BCUT2D eigenvalue weighted by atomic mass is 9.93. The van der Waals surface area contributed by atoms with E-state index in [9.17, 15) is 14.0 Å². The quantitative estimate of drug-likeness (QED) is 0.624. The molecule has 0 aliphatic heterocycles. The van der Waals surface area contributed by atoms with Crippen molar-refractivity contribution < 1.29 is 22.6 Å². The van der Waals surface area contributed by atoms with Crippen LogP contribution in [0.3, 0.4) is 0 Å². The maximum Gasteiger partial charge on any atom is 0.154 e. The van der Waals surface area contributed by atoms with Crippen molar-refractivity contribution in [1.29, 1.82) is 5.26 Å². The Bertz CT molecular complexity index is 949. The minimum absolute atomic E-state index is 0.164. The SMILES string of the molecule is COc1ccc(-c2c(F)c(C#N)c(F)c(-c3ccc(OC)cc3)c2F)cc1. The Kier molecular flexibility index (Phi) is 5.04. The summed E-state index contributed by atoms with van der Waals surface area (Å²) in [7, 11) is 2.92. The molecule has 3 aromatic rings. The second-order valence-electron chi connectivity index (χ2n) is 5.64. The summed E-state index contributed by atoms with van der Waals surface area (Å²) in [5, 5.41) is 9.20. The van der Waals surface area contributed by atoms with Crippen LogP contribution in [0.15, 0.2) is 48.5 Å². The van der Waals surface area contributed by atoms with Crippen molar-refractivity contribution >= 4 is 0 Å². The summed E-state index contributed by atoms with van der Waals surface area (Å²) >= 11 is 0. The van der Waals surface area contributed by atoms with Gasteiger partial charge in [-0.05, 0) is 35.4 Å². The van der Waals surface area contributed by atoms with Gasteiger partial charge in [-0.2, -0.15) is 5.26 Å². The van der Waals surface area contributed by atoms with E-state index in [1.165, 1.54) is 68.8 Å². The number of benzene rings is 3. The maximum absolute atomic E-state index is 15.2. The Labute approximate surface area is 154 Å². The molecule has 0 saturated carbocycles. The summed E-state index contributed by atoms with van der Waals surface area (Å²) in [5.74, 6) is -2.57. The molecule has 6 heteroatoms. The molecule has 0 amide bonds. The standard InChI is InChI=1S/C21H14F3NO2/c1-26-14-7-3-12(4-8-14)17-19(22)16(11-25)20(23)18(21(17)24)13-5-9-15(27-2)10-6-13/h3-10H,1-2H3. The molecule has 0 unspecified atom stereocenters. The molecule has 3 nitrogen and oxygen atoms in total. The second-order valence-corrected chi connectivity index (χ2v) is 5.64. The number of methoxy groups -OCH3 is 2. The Hall–Kier alpha value is -3.46. The predicted molar refractivity (Wildman–Crippen MR) is 95.0 cm³/mol. The Morgan fingerprint density at radius 1 is 0.667 bits per heavy atom. The number of halogens is 3. The van der Waals surface area contributed by atoms with E-state index in [4.69, 9.17) is 9.47 Å². The lowest BCUT2D eigenvalue weighted by Crippen LogP contribution is -2.03. The van der Waals surface area contributed by atoms with E-state index in [0.29, 0.717) is 11.5 Å². The first-order valence-electron chi connectivity index (χ1n) is 7.91. The van der Waals surface area contributed by atoms with Gasteiger partial charge in [0, 0.05) is 0 Å². The fraction of sp³-hybridized carbons (Fsp3) is 0.0952. The first-order valence-corrected chi connectivity index (χ1v) is 7.91. The number of ether oxygens (including phenoxy) is 2. The molecule has 0 radical (unpaired) electrons. The van der Waals surface area contributed by atoms with Crippen LogP contribution in [0.5, 0.6) is 11.5 Å². The number of nitrogens with zero attached hydrogens (tertiary/aromatic N) is 1. The highest BCUT2D eigenvalue weighted by Crippen LogP contribution is 2.38. The van der Waals surface area contributed by atoms with Crippen LogP contribution in [0.25, 0.3) is 22.3 Å². The molecule has 27 heavy (non-hydrogen) atoms. The molecule has 0 spiro atoms. The van der Waals surface area contributed by atoms with Gasteiger partial charge in [0.05, 0.1) is 25.3 Å². The van der Waals surface area contributed by atoms with Gasteiger partial charge in [0.15, 0.2) is 11.6 Å². The van der Waals surface area contributed by atoms with Crippen molar-refractivity contribution in [1.82, 2.24) is 0 Å². The van der Waals surface area contributed by atoms with Gasteiger partial charge in [0.2, 0.25) is 0 Å². The zero-order chi connectivity index (χ0) is 19.6. The van der Waals surface area contributed by atoms with Gasteiger partial charge in [-0.3, -0.25) is 0 Å². The lowest BCUT2D eigenvalue weighted by Gasteiger charge is -2.14. The lowest BCUT2D eigenvalue weighted by molar-refractivity contribution is 0.415. The Balaban J connectivity index is 2.29. The molecular formula is C21H14F3NO2. The van der Waals surface area contributed by atoms with Gasteiger partial charge in [-0.15, -0.1) is 0 Å².